The highest BCUT2D eigenvalue weighted by Gasteiger charge is 2.14. The summed E-state index contributed by atoms with van der Waals surface area (Å²) in [5.41, 5.74) is 3.18. The van der Waals surface area contributed by atoms with Crippen LogP contribution in [0.15, 0.2) is 42.9 Å². The lowest BCUT2D eigenvalue weighted by Crippen LogP contribution is -2.29. The van der Waals surface area contributed by atoms with Crippen LogP contribution in [0.3, 0.4) is 0 Å². The van der Waals surface area contributed by atoms with Gasteiger partial charge in [0.1, 0.15) is 11.4 Å². The van der Waals surface area contributed by atoms with Crippen LogP contribution in [0.25, 0.3) is 5.65 Å². The molecular formula is C14H12ClFN6O2. The molecule has 0 aliphatic carbocycles. The summed E-state index contributed by atoms with van der Waals surface area (Å²) in [5.74, 6) is 3.72. The summed E-state index contributed by atoms with van der Waals surface area (Å²) in [6.07, 6.45) is 4.19. The van der Waals surface area contributed by atoms with Gasteiger partial charge in [0.15, 0.2) is 5.65 Å². The number of aromatic nitrogens is 3. The fourth-order valence-electron chi connectivity index (χ4n) is 1.98. The number of halogens is 2. The molecule has 0 saturated carbocycles. The fourth-order valence-corrected chi connectivity index (χ4v) is 1.98. The maximum absolute atomic E-state index is 12.9. The molecule has 0 aliphatic rings. The van der Waals surface area contributed by atoms with E-state index in [1.54, 1.807) is 0 Å². The van der Waals surface area contributed by atoms with E-state index in [1.807, 2.05) is 5.43 Å². The predicted molar refractivity (Wildman–Crippen MR) is 86.2 cm³/mol. The van der Waals surface area contributed by atoms with Gasteiger partial charge in [-0.2, -0.15) is 5.10 Å². The van der Waals surface area contributed by atoms with Crippen LogP contribution in [-0.4, -0.2) is 26.4 Å². The molecule has 8 nitrogen and oxygen atoms in total. The number of carbonyl (C=O) groups is 2. The van der Waals surface area contributed by atoms with E-state index in [0.29, 0.717) is 16.9 Å². The molecule has 0 unspecified atom stereocenters. The average molecular weight is 351 g/mol. The van der Waals surface area contributed by atoms with E-state index in [0.717, 1.165) is 0 Å². The van der Waals surface area contributed by atoms with E-state index < -0.39 is 17.6 Å². The molecule has 10 heteroatoms. The van der Waals surface area contributed by atoms with Gasteiger partial charge in [-0.25, -0.2) is 19.7 Å². The lowest BCUT2D eigenvalue weighted by Gasteiger charge is -2.05. The number of hydrogen-bond acceptors (Lipinski definition) is 5. The number of nitrogens with two attached hydrogens (primary N) is 1. The van der Waals surface area contributed by atoms with Crippen molar-refractivity contribution in [3.63, 3.8) is 0 Å². The van der Waals surface area contributed by atoms with Gasteiger partial charge in [-0.15, -0.1) is 12.4 Å². The van der Waals surface area contributed by atoms with Gasteiger partial charge in [-0.1, -0.05) is 0 Å². The van der Waals surface area contributed by atoms with E-state index in [9.17, 15) is 14.0 Å². The Morgan fingerprint density at radius 3 is 2.50 bits per heavy atom. The molecule has 0 radical (unpaired) electrons. The first-order valence-corrected chi connectivity index (χ1v) is 6.50. The molecule has 0 fully saturated rings. The number of amides is 2. The van der Waals surface area contributed by atoms with Crippen molar-refractivity contribution in [2.75, 3.05) is 5.32 Å². The van der Waals surface area contributed by atoms with Crippen molar-refractivity contribution in [2.24, 2.45) is 5.84 Å². The number of nitrogens with zero attached hydrogens (tertiary/aromatic N) is 3. The average Bonchev–Trinajstić information content (AvgIpc) is 2.98. The minimum atomic E-state index is -0.518. The Bertz CT molecular complexity index is 896. The minimum Gasteiger partial charge on any atom is -0.319 e. The molecule has 1 aromatic carbocycles. The smallest absolute Gasteiger partial charge is 0.270 e. The van der Waals surface area contributed by atoms with Crippen LogP contribution in [0.2, 0.25) is 0 Å². The minimum absolute atomic E-state index is 0. The lowest BCUT2D eigenvalue weighted by molar-refractivity contribution is 0.0954. The quantitative estimate of drug-likeness (QED) is 0.372. The topological polar surface area (TPSA) is 114 Å². The van der Waals surface area contributed by atoms with Crippen molar-refractivity contribution < 1.29 is 14.0 Å². The van der Waals surface area contributed by atoms with Gasteiger partial charge in [0.2, 0.25) is 0 Å². The maximum atomic E-state index is 12.9. The van der Waals surface area contributed by atoms with E-state index >= 15 is 0 Å². The Kier molecular flexibility index (Phi) is 5.07. The van der Waals surface area contributed by atoms with Crippen molar-refractivity contribution in [3.05, 3.63) is 59.8 Å². The molecule has 3 rings (SSSR count). The standard InChI is InChI=1S/C14H11FN6O2.ClH/c15-9-3-1-8(2-4-9)13(22)19-10-5-17-12-11(14(23)20-16)6-18-21(12)7-10;/h1-7H,16H2,(H,19,22)(H,20,23);1H. The van der Waals surface area contributed by atoms with Crippen LogP contribution in [0, 0.1) is 5.82 Å². The number of anilines is 1. The molecule has 2 aromatic heterocycles. The molecule has 0 saturated heterocycles. The zero-order valence-corrected chi connectivity index (χ0v) is 12.9. The van der Waals surface area contributed by atoms with Crippen molar-refractivity contribution in [1.29, 1.82) is 0 Å². The molecule has 124 valence electrons. The lowest BCUT2D eigenvalue weighted by atomic mass is 10.2. The van der Waals surface area contributed by atoms with Crippen LogP contribution in [-0.2, 0) is 0 Å². The Balaban J connectivity index is 0.00000208. The number of hydrazine groups is 1. The first-order valence-electron chi connectivity index (χ1n) is 6.50. The van der Waals surface area contributed by atoms with Crippen molar-refractivity contribution in [3.8, 4) is 0 Å². The molecule has 0 atom stereocenters. The van der Waals surface area contributed by atoms with Gasteiger partial charge >= 0.3 is 0 Å². The van der Waals surface area contributed by atoms with Gasteiger partial charge in [0.25, 0.3) is 11.8 Å². The first kappa shape index (κ1) is 17.3. The number of hydrogen-bond donors (Lipinski definition) is 3. The molecule has 3 aromatic rings. The molecule has 0 aliphatic heterocycles. The molecule has 0 spiro atoms. The Morgan fingerprint density at radius 2 is 1.83 bits per heavy atom. The molecule has 24 heavy (non-hydrogen) atoms. The summed E-state index contributed by atoms with van der Waals surface area (Å²) >= 11 is 0. The van der Waals surface area contributed by atoms with E-state index in [1.165, 1.54) is 47.4 Å². The second kappa shape index (κ2) is 7.02. The summed E-state index contributed by atoms with van der Waals surface area (Å²) in [4.78, 5) is 27.7. The van der Waals surface area contributed by atoms with Crippen LogP contribution < -0.4 is 16.6 Å². The van der Waals surface area contributed by atoms with Gasteiger partial charge in [0.05, 0.1) is 24.3 Å². The van der Waals surface area contributed by atoms with Gasteiger partial charge in [-0.05, 0) is 24.3 Å². The highest BCUT2D eigenvalue weighted by molar-refractivity contribution is 6.04. The molecule has 2 heterocycles. The maximum Gasteiger partial charge on any atom is 0.270 e. The zero-order chi connectivity index (χ0) is 16.4. The predicted octanol–water partition coefficient (Wildman–Crippen LogP) is 1.15. The Hall–Kier alpha value is -3.04. The van der Waals surface area contributed by atoms with Crippen molar-refractivity contribution in [2.45, 2.75) is 0 Å². The van der Waals surface area contributed by atoms with E-state index in [2.05, 4.69) is 15.4 Å². The summed E-state index contributed by atoms with van der Waals surface area (Å²) < 4.78 is 14.2. The summed E-state index contributed by atoms with van der Waals surface area (Å²) in [6.45, 7) is 0. The van der Waals surface area contributed by atoms with Gasteiger partial charge < -0.3 is 5.32 Å². The highest BCUT2D eigenvalue weighted by atomic mass is 35.5. The number of rotatable bonds is 3. The van der Waals surface area contributed by atoms with Crippen LogP contribution in [0.1, 0.15) is 20.7 Å². The number of carbonyl (C=O) groups excluding carboxylic acids is 2. The third kappa shape index (κ3) is 3.31. The highest BCUT2D eigenvalue weighted by Crippen LogP contribution is 2.13. The third-order valence-corrected chi connectivity index (χ3v) is 3.10. The second-order valence-corrected chi connectivity index (χ2v) is 4.60. The number of nitrogen functional groups attached to an aromatic ring is 1. The number of fused-ring (bicyclic) bond motifs is 1. The van der Waals surface area contributed by atoms with Crippen molar-refractivity contribution >= 4 is 35.6 Å². The number of nitrogens with one attached hydrogen (secondary N) is 2. The van der Waals surface area contributed by atoms with E-state index in [-0.39, 0.29) is 18.0 Å². The van der Waals surface area contributed by atoms with Crippen LogP contribution >= 0.6 is 12.4 Å². The third-order valence-electron chi connectivity index (χ3n) is 3.10. The van der Waals surface area contributed by atoms with E-state index in [4.69, 9.17) is 5.84 Å². The van der Waals surface area contributed by atoms with Gasteiger partial charge in [0, 0.05) is 5.56 Å². The zero-order valence-electron chi connectivity index (χ0n) is 12.1. The summed E-state index contributed by atoms with van der Waals surface area (Å²) in [7, 11) is 0. The van der Waals surface area contributed by atoms with Gasteiger partial charge in [-0.3, -0.25) is 15.0 Å². The summed E-state index contributed by atoms with van der Waals surface area (Å²) in [6, 6.07) is 5.13. The SMILES string of the molecule is Cl.NNC(=O)c1cnn2cc(NC(=O)c3ccc(F)cc3)cnc12. The Morgan fingerprint density at radius 1 is 1.12 bits per heavy atom. The largest absolute Gasteiger partial charge is 0.319 e. The number of benzene rings is 1. The first-order chi connectivity index (χ1) is 11.1. The monoisotopic (exact) mass is 350 g/mol. The molecule has 0 bridgehead atoms. The van der Waals surface area contributed by atoms with Crippen LogP contribution in [0.4, 0.5) is 10.1 Å². The normalized spacial score (nSPS) is 10.1. The molecular weight excluding hydrogens is 339 g/mol. The van der Waals surface area contributed by atoms with Crippen molar-refractivity contribution in [1.82, 2.24) is 20.0 Å². The summed E-state index contributed by atoms with van der Waals surface area (Å²) in [5, 5.41) is 6.59. The van der Waals surface area contributed by atoms with Crippen LogP contribution in [0.5, 0.6) is 0 Å². The Labute approximate surface area is 141 Å². The molecule has 4 N–H and O–H groups in total. The second-order valence-electron chi connectivity index (χ2n) is 4.60. The fraction of sp³-hybridized carbons (Fsp3) is 0. The molecule has 2 amide bonds.